The van der Waals surface area contributed by atoms with Gasteiger partial charge in [-0.05, 0) is 42.8 Å². The Morgan fingerprint density at radius 3 is 2.68 bits per heavy atom. The van der Waals surface area contributed by atoms with E-state index < -0.39 is 0 Å². The third-order valence-corrected chi connectivity index (χ3v) is 3.37. The van der Waals surface area contributed by atoms with Gasteiger partial charge in [0, 0.05) is 18.4 Å². The number of nitriles is 1. The van der Waals surface area contributed by atoms with Crippen molar-refractivity contribution in [3.8, 4) is 6.07 Å². The zero-order chi connectivity index (χ0) is 14.0. The fourth-order valence-corrected chi connectivity index (χ4v) is 2.14. The van der Waals surface area contributed by atoms with Crippen LogP contribution in [0.4, 0.5) is 17.1 Å². The van der Waals surface area contributed by atoms with E-state index in [-0.39, 0.29) is 0 Å². The van der Waals surface area contributed by atoms with Crippen molar-refractivity contribution < 1.29 is 0 Å². The summed E-state index contributed by atoms with van der Waals surface area (Å²) in [6.45, 7) is 1.98. The van der Waals surface area contributed by atoms with E-state index in [1.54, 1.807) is 6.07 Å². The quantitative estimate of drug-likeness (QED) is 0.844. The lowest BCUT2D eigenvalue weighted by Crippen LogP contribution is -2.11. The van der Waals surface area contributed by atoms with Crippen LogP contribution in [0.25, 0.3) is 0 Å². The number of aryl methyl sites for hydroxylation is 1. The van der Waals surface area contributed by atoms with Gasteiger partial charge in [-0.1, -0.05) is 17.7 Å². The molecule has 0 heterocycles. The number of anilines is 3. The van der Waals surface area contributed by atoms with Crippen molar-refractivity contribution in [3.05, 3.63) is 52.5 Å². The molecule has 19 heavy (non-hydrogen) atoms. The van der Waals surface area contributed by atoms with Gasteiger partial charge >= 0.3 is 0 Å². The van der Waals surface area contributed by atoms with E-state index in [9.17, 15) is 0 Å². The minimum atomic E-state index is 0.531. The van der Waals surface area contributed by atoms with E-state index in [4.69, 9.17) is 22.6 Å². The van der Waals surface area contributed by atoms with Crippen LogP contribution < -0.4 is 10.6 Å². The molecule has 0 atom stereocenters. The SMILES string of the molecule is Cc1cc(N)c(Cl)cc1N(C)c1cccc(C#N)c1. The van der Waals surface area contributed by atoms with Crippen molar-refractivity contribution in [1.29, 1.82) is 5.26 Å². The molecule has 0 aromatic heterocycles. The zero-order valence-electron chi connectivity index (χ0n) is 10.8. The van der Waals surface area contributed by atoms with Crippen LogP contribution >= 0.6 is 11.6 Å². The molecule has 2 aromatic carbocycles. The smallest absolute Gasteiger partial charge is 0.0992 e. The second-order valence-corrected chi connectivity index (χ2v) is 4.79. The van der Waals surface area contributed by atoms with Crippen molar-refractivity contribution in [2.75, 3.05) is 17.7 Å². The van der Waals surface area contributed by atoms with Crippen molar-refractivity contribution >= 4 is 28.7 Å². The van der Waals surface area contributed by atoms with Gasteiger partial charge in [0.1, 0.15) is 0 Å². The summed E-state index contributed by atoms with van der Waals surface area (Å²) in [5.41, 5.74) is 9.91. The minimum absolute atomic E-state index is 0.531. The fraction of sp³-hybridized carbons (Fsp3) is 0.133. The van der Waals surface area contributed by atoms with Crippen LogP contribution in [-0.2, 0) is 0 Å². The Labute approximate surface area is 117 Å². The lowest BCUT2D eigenvalue weighted by Gasteiger charge is -2.22. The molecule has 3 nitrogen and oxygen atoms in total. The highest BCUT2D eigenvalue weighted by Crippen LogP contribution is 2.32. The Balaban J connectivity index is 2.47. The van der Waals surface area contributed by atoms with Gasteiger partial charge in [0.05, 0.1) is 22.3 Å². The number of rotatable bonds is 2. The van der Waals surface area contributed by atoms with Gasteiger partial charge < -0.3 is 10.6 Å². The van der Waals surface area contributed by atoms with Crippen LogP contribution in [-0.4, -0.2) is 7.05 Å². The molecule has 2 aromatic rings. The van der Waals surface area contributed by atoms with E-state index in [0.29, 0.717) is 16.3 Å². The van der Waals surface area contributed by atoms with Gasteiger partial charge in [0.2, 0.25) is 0 Å². The Morgan fingerprint density at radius 1 is 1.26 bits per heavy atom. The number of halogens is 1. The molecule has 2 N–H and O–H groups in total. The predicted molar refractivity (Wildman–Crippen MR) is 79.8 cm³/mol. The average Bonchev–Trinajstić information content (AvgIpc) is 2.42. The zero-order valence-corrected chi connectivity index (χ0v) is 11.6. The summed E-state index contributed by atoms with van der Waals surface area (Å²) >= 11 is 6.07. The number of nitrogen functional groups attached to an aromatic ring is 1. The molecule has 96 valence electrons. The maximum absolute atomic E-state index is 8.94. The maximum atomic E-state index is 8.94. The van der Waals surface area contributed by atoms with Crippen molar-refractivity contribution in [1.82, 2.24) is 0 Å². The summed E-state index contributed by atoms with van der Waals surface area (Å²) in [4.78, 5) is 1.99. The first-order valence-electron chi connectivity index (χ1n) is 5.82. The van der Waals surface area contributed by atoms with Crippen LogP contribution in [0, 0.1) is 18.3 Å². The van der Waals surface area contributed by atoms with Gasteiger partial charge in [0.25, 0.3) is 0 Å². The fourth-order valence-electron chi connectivity index (χ4n) is 1.98. The summed E-state index contributed by atoms with van der Waals surface area (Å²) in [5, 5.41) is 9.47. The molecule has 4 heteroatoms. The van der Waals surface area contributed by atoms with E-state index >= 15 is 0 Å². The van der Waals surface area contributed by atoms with Crippen LogP contribution in [0.15, 0.2) is 36.4 Å². The van der Waals surface area contributed by atoms with Crippen LogP contribution in [0.5, 0.6) is 0 Å². The lowest BCUT2D eigenvalue weighted by atomic mass is 10.1. The Morgan fingerprint density at radius 2 is 2.00 bits per heavy atom. The number of nitrogens with zero attached hydrogens (tertiary/aromatic N) is 2. The van der Waals surface area contributed by atoms with Crippen LogP contribution in [0.2, 0.25) is 5.02 Å². The molecule has 0 amide bonds. The Bertz CT molecular complexity index is 659. The van der Waals surface area contributed by atoms with E-state index in [0.717, 1.165) is 16.9 Å². The van der Waals surface area contributed by atoms with Gasteiger partial charge in [-0.25, -0.2) is 0 Å². The van der Waals surface area contributed by atoms with E-state index in [1.807, 2.05) is 49.2 Å². The lowest BCUT2D eigenvalue weighted by molar-refractivity contribution is 1.18. The first-order chi connectivity index (χ1) is 9.02. The third kappa shape index (κ3) is 2.64. The molecule has 0 radical (unpaired) electrons. The number of hydrogen-bond donors (Lipinski definition) is 1. The molecule has 0 aliphatic heterocycles. The van der Waals surface area contributed by atoms with Gasteiger partial charge in [-0.3, -0.25) is 0 Å². The molecule has 2 rings (SSSR count). The Hall–Kier alpha value is -2.18. The molecule has 0 aliphatic carbocycles. The summed E-state index contributed by atoms with van der Waals surface area (Å²) in [5.74, 6) is 0. The van der Waals surface area contributed by atoms with Crippen molar-refractivity contribution in [3.63, 3.8) is 0 Å². The maximum Gasteiger partial charge on any atom is 0.0992 e. The minimum Gasteiger partial charge on any atom is -0.398 e. The summed E-state index contributed by atoms with van der Waals surface area (Å²) < 4.78 is 0. The predicted octanol–water partition coefficient (Wildman–Crippen LogP) is 3.87. The molecule has 0 saturated carbocycles. The second kappa shape index (κ2) is 5.21. The van der Waals surface area contributed by atoms with Crippen LogP contribution in [0.1, 0.15) is 11.1 Å². The summed E-state index contributed by atoms with van der Waals surface area (Å²) in [6, 6.07) is 13.2. The highest BCUT2D eigenvalue weighted by Gasteiger charge is 2.10. The molecule has 0 spiro atoms. The summed E-state index contributed by atoms with van der Waals surface area (Å²) in [7, 11) is 1.94. The van der Waals surface area contributed by atoms with Crippen LogP contribution in [0.3, 0.4) is 0 Å². The number of hydrogen-bond acceptors (Lipinski definition) is 3. The standard InChI is InChI=1S/C15H14ClN3/c1-10-6-14(18)13(16)8-15(10)19(2)12-5-3-4-11(7-12)9-17/h3-8H,18H2,1-2H3. The molecular formula is C15H14ClN3. The molecule has 0 saturated heterocycles. The number of benzene rings is 2. The first kappa shape index (κ1) is 13.3. The molecule has 0 aliphatic rings. The summed E-state index contributed by atoms with van der Waals surface area (Å²) in [6.07, 6.45) is 0. The highest BCUT2D eigenvalue weighted by atomic mass is 35.5. The van der Waals surface area contributed by atoms with E-state index in [2.05, 4.69) is 6.07 Å². The van der Waals surface area contributed by atoms with Gasteiger partial charge in [-0.15, -0.1) is 0 Å². The monoisotopic (exact) mass is 271 g/mol. The number of nitrogens with two attached hydrogens (primary N) is 1. The normalized spacial score (nSPS) is 10.0. The first-order valence-corrected chi connectivity index (χ1v) is 6.20. The molecular weight excluding hydrogens is 258 g/mol. The van der Waals surface area contributed by atoms with Crippen molar-refractivity contribution in [2.24, 2.45) is 0 Å². The van der Waals surface area contributed by atoms with E-state index in [1.165, 1.54) is 0 Å². The molecule has 0 bridgehead atoms. The highest BCUT2D eigenvalue weighted by molar-refractivity contribution is 6.33. The topological polar surface area (TPSA) is 53.0 Å². The van der Waals surface area contributed by atoms with Crippen molar-refractivity contribution in [2.45, 2.75) is 6.92 Å². The molecule has 0 unspecified atom stereocenters. The third-order valence-electron chi connectivity index (χ3n) is 3.04. The van der Waals surface area contributed by atoms with Gasteiger partial charge in [0.15, 0.2) is 0 Å². The van der Waals surface area contributed by atoms with Gasteiger partial charge in [-0.2, -0.15) is 5.26 Å². The largest absolute Gasteiger partial charge is 0.398 e. The average molecular weight is 272 g/mol. The molecule has 0 fully saturated rings. The second-order valence-electron chi connectivity index (χ2n) is 4.38. The Kier molecular flexibility index (Phi) is 3.64.